The Labute approximate surface area is 41.8 Å². The van der Waals surface area contributed by atoms with Crippen LogP contribution in [0.3, 0.4) is 0 Å². The van der Waals surface area contributed by atoms with Crippen LogP contribution in [0.5, 0.6) is 0 Å². The Bertz CT molecular complexity index is 55.5. The van der Waals surface area contributed by atoms with Crippen LogP contribution in [0, 0.1) is 0 Å². The summed E-state index contributed by atoms with van der Waals surface area (Å²) < 4.78 is 19.2. The molecule has 0 aliphatic rings. The van der Waals surface area contributed by atoms with Crippen molar-refractivity contribution in [2.45, 2.75) is 0 Å². The number of hydrogen-bond acceptors (Lipinski definition) is 2. The van der Waals surface area contributed by atoms with Gasteiger partial charge in [-0.05, 0) is 6.16 Å². The van der Waals surface area contributed by atoms with E-state index in [1.165, 1.54) is 0 Å². The minimum atomic E-state index is -1.84. The average molecular weight is 125 g/mol. The molecule has 0 amide bonds. The second-order valence-electron chi connectivity index (χ2n) is 0.797. The molecular formula is C2H6O2PS-. The second-order valence-corrected chi connectivity index (χ2v) is 2.39. The smallest absolute Gasteiger partial charge is 0.0136 e. The summed E-state index contributed by atoms with van der Waals surface area (Å²) >= 11 is -1.84. The highest BCUT2D eigenvalue weighted by Gasteiger charge is 1.73. The highest BCUT2D eigenvalue weighted by atomic mass is 32.2. The Morgan fingerprint density at radius 2 is 2.33 bits per heavy atom. The van der Waals surface area contributed by atoms with Crippen LogP contribution in [-0.2, 0) is 11.1 Å². The molecular weight excluding hydrogens is 119 g/mol. The third-order valence-corrected chi connectivity index (χ3v) is 1.56. The molecule has 4 heteroatoms. The molecule has 0 rings (SSSR count). The van der Waals surface area contributed by atoms with E-state index in [4.69, 9.17) is 0 Å². The van der Waals surface area contributed by atoms with Crippen LogP contribution in [0.1, 0.15) is 0 Å². The molecule has 0 aromatic heterocycles. The van der Waals surface area contributed by atoms with Gasteiger partial charge in [0, 0.05) is 5.75 Å². The first kappa shape index (κ1) is 6.54. The van der Waals surface area contributed by atoms with Gasteiger partial charge in [0.1, 0.15) is 0 Å². The molecule has 0 radical (unpaired) electrons. The van der Waals surface area contributed by atoms with Crippen molar-refractivity contribution < 1.29 is 8.76 Å². The van der Waals surface area contributed by atoms with Crippen LogP contribution in [0.2, 0.25) is 0 Å². The van der Waals surface area contributed by atoms with Gasteiger partial charge in [0.15, 0.2) is 0 Å². The van der Waals surface area contributed by atoms with Gasteiger partial charge < -0.3 is 4.55 Å². The fourth-order valence-electron chi connectivity index (χ4n) is 0.0962. The maximum absolute atomic E-state index is 9.59. The van der Waals surface area contributed by atoms with E-state index in [1.807, 2.05) is 0 Å². The second kappa shape index (κ2) is 3.72. The lowest BCUT2D eigenvalue weighted by Crippen LogP contribution is -1.93. The van der Waals surface area contributed by atoms with Crippen molar-refractivity contribution in [1.82, 2.24) is 0 Å². The van der Waals surface area contributed by atoms with E-state index in [0.29, 0.717) is 6.16 Å². The predicted octanol–water partition coefficient (Wildman–Crippen LogP) is -0.259. The standard InChI is InChI=1S/C2H7O2PS/c3-6(4)2-1-5/h1-2,5H2,(H,3,4)/p-1. The van der Waals surface area contributed by atoms with Gasteiger partial charge in [0.05, 0.1) is 0 Å². The number of hydrogen-bond donors (Lipinski definition) is 0. The van der Waals surface area contributed by atoms with E-state index in [9.17, 15) is 8.76 Å². The molecule has 2 atom stereocenters. The summed E-state index contributed by atoms with van der Waals surface area (Å²) in [7, 11) is 2.33. The fraction of sp³-hybridized carbons (Fsp3) is 1.00. The van der Waals surface area contributed by atoms with E-state index >= 15 is 0 Å². The maximum Gasteiger partial charge on any atom is 0.0136 e. The van der Waals surface area contributed by atoms with Crippen LogP contribution in [0.15, 0.2) is 0 Å². The lowest BCUT2D eigenvalue weighted by Gasteiger charge is -1.97. The predicted molar refractivity (Wildman–Crippen MR) is 28.4 cm³/mol. The SMILES string of the molecule is O=S([O-])CCP. The first-order valence-corrected chi connectivity index (χ1v) is 3.59. The van der Waals surface area contributed by atoms with E-state index in [2.05, 4.69) is 9.24 Å². The lowest BCUT2D eigenvalue weighted by molar-refractivity contribution is 0.538. The minimum absolute atomic E-state index is 0.255. The highest BCUT2D eigenvalue weighted by Crippen LogP contribution is 1.80. The molecule has 6 heavy (non-hydrogen) atoms. The third-order valence-electron chi connectivity index (χ3n) is 0.285. The van der Waals surface area contributed by atoms with E-state index < -0.39 is 11.1 Å². The fourth-order valence-corrected chi connectivity index (χ4v) is 0.866. The van der Waals surface area contributed by atoms with Crippen molar-refractivity contribution in [1.29, 1.82) is 0 Å². The van der Waals surface area contributed by atoms with Crippen molar-refractivity contribution in [3.63, 3.8) is 0 Å². The average Bonchev–Trinajstić information content (AvgIpc) is 1.35. The monoisotopic (exact) mass is 125 g/mol. The summed E-state index contributed by atoms with van der Waals surface area (Å²) in [5.41, 5.74) is 0. The summed E-state index contributed by atoms with van der Waals surface area (Å²) in [6, 6.07) is 0. The largest absolute Gasteiger partial charge is 0.772 e. The minimum Gasteiger partial charge on any atom is -0.772 e. The molecule has 0 saturated heterocycles. The molecule has 0 N–H and O–H groups in total. The molecule has 0 aliphatic carbocycles. The summed E-state index contributed by atoms with van der Waals surface area (Å²) in [6.07, 6.45) is 0.635. The Morgan fingerprint density at radius 1 is 1.83 bits per heavy atom. The highest BCUT2D eigenvalue weighted by molar-refractivity contribution is 7.79. The van der Waals surface area contributed by atoms with Gasteiger partial charge in [-0.2, -0.15) is 0 Å². The quantitative estimate of drug-likeness (QED) is 0.377. The van der Waals surface area contributed by atoms with E-state index in [0.717, 1.165) is 0 Å². The zero-order valence-corrected chi connectivity index (χ0v) is 5.19. The van der Waals surface area contributed by atoms with Crippen LogP contribution >= 0.6 is 9.24 Å². The van der Waals surface area contributed by atoms with Gasteiger partial charge in [0.2, 0.25) is 0 Å². The van der Waals surface area contributed by atoms with Crippen LogP contribution < -0.4 is 0 Å². The van der Waals surface area contributed by atoms with E-state index in [-0.39, 0.29) is 5.75 Å². The number of rotatable bonds is 2. The summed E-state index contributed by atoms with van der Waals surface area (Å²) in [4.78, 5) is 0. The first-order chi connectivity index (χ1) is 2.77. The molecule has 0 spiro atoms. The lowest BCUT2D eigenvalue weighted by atomic mass is 11.0. The summed E-state index contributed by atoms with van der Waals surface area (Å²) in [5, 5.41) is 0. The van der Waals surface area contributed by atoms with Crippen LogP contribution in [-0.4, -0.2) is 20.7 Å². The van der Waals surface area contributed by atoms with Crippen molar-refractivity contribution in [3.05, 3.63) is 0 Å². The van der Waals surface area contributed by atoms with Crippen LogP contribution in [0.25, 0.3) is 0 Å². The molecule has 0 saturated carbocycles. The topological polar surface area (TPSA) is 40.1 Å². The van der Waals surface area contributed by atoms with Gasteiger partial charge in [0.25, 0.3) is 0 Å². The first-order valence-electron chi connectivity index (χ1n) is 1.53. The van der Waals surface area contributed by atoms with Gasteiger partial charge >= 0.3 is 0 Å². The molecule has 2 nitrogen and oxygen atoms in total. The van der Waals surface area contributed by atoms with Gasteiger partial charge in [-0.1, -0.05) is 11.1 Å². The van der Waals surface area contributed by atoms with Gasteiger partial charge in [-0.25, -0.2) is 0 Å². The Hall–Kier alpha value is 0.540. The van der Waals surface area contributed by atoms with Crippen molar-refractivity contribution in [2.24, 2.45) is 0 Å². The Balaban J connectivity index is 2.83. The molecule has 0 aromatic carbocycles. The molecule has 0 heterocycles. The van der Waals surface area contributed by atoms with Crippen molar-refractivity contribution in [3.8, 4) is 0 Å². The molecule has 0 bridgehead atoms. The summed E-state index contributed by atoms with van der Waals surface area (Å²) in [5.74, 6) is 0.255. The van der Waals surface area contributed by atoms with E-state index in [1.54, 1.807) is 0 Å². The van der Waals surface area contributed by atoms with Gasteiger partial charge in [-0.15, -0.1) is 9.24 Å². The summed E-state index contributed by atoms with van der Waals surface area (Å²) in [6.45, 7) is 0. The molecule has 0 fully saturated rings. The van der Waals surface area contributed by atoms with Crippen molar-refractivity contribution in [2.75, 3.05) is 11.9 Å². The Kier molecular flexibility index (Phi) is 4.06. The zero-order valence-electron chi connectivity index (χ0n) is 3.22. The molecule has 38 valence electrons. The van der Waals surface area contributed by atoms with Crippen LogP contribution in [0.4, 0.5) is 0 Å². The molecule has 2 unspecified atom stereocenters. The molecule has 0 aromatic rings. The van der Waals surface area contributed by atoms with Crippen molar-refractivity contribution >= 4 is 20.3 Å². The Morgan fingerprint density at radius 3 is 2.33 bits per heavy atom. The maximum atomic E-state index is 9.59. The molecule has 0 aliphatic heterocycles. The van der Waals surface area contributed by atoms with Gasteiger partial charge in [-0.3, -0.25) is 4.21 Å². The third kappa shape index (κ3) is 4.54. The zero-order chi connectivity index (χ0) is 4.99. The normalized spacial score (nSPS) is 14.3.